The van der Waals surface area contributed by atoms with Gasteiger partial charge in [0.15, 0.2) is 5.78 Å². The number of ketones is 1. The molecule has 0 aromatic heterocycles. The lowest BCUT2D eigenvalue weighted by molar-refractivity contribution is 0.101. The molecule has 0 saturated carbocycles. The lowest BCUT2D eigenvalue weighted by Crippen LogP contribution is -2.21. The van der Waals surface area contributed by atoms with Gasteiger partial charge in [-0.2, -0.15) is 8.42 Å². The summed E-state index contributed by atoms with van der Waals surface area (Å²) in [6.45, 7) is 1.40. The van der Waals surface area contributed by atoms with E-state index in [1.165, 1.54) is 19.1 Å². The number of benzene rings is 1. The van der Waals surface area contributed by atoms with E-state index in [4.69, 9.17) is 5.14 Å². The fourth-order valence-electron chi connectivity index (χ4n) is 0.966. The van der Waals surface area contributed by atoms with Crippen LogP contribution in [0.25, 0.3) is 0 Å². The third-order valence-electron chi connectivity index (χ3n) is 1.53. The summed E-state index contributed by atoms with van der Waals surface area (Å²) in [7, 11) is -3.78. The van der Waals surface area contributed by atoms with Crippen LogP contribution in [0.2, 0.25) is 0 Å². The topological polar surface area (TPSA) is 89.3 Å². The van der Waals surface area contributed by atoms with Gasteiger partial charge in [-0.1, -0.05) is 12.1 Å². The van der Waals surface area contributed by atoms with Gasteiger partial charge in [0.1, 0.15) is 0 Å². The summed E-state index contributed by atoms with van der Waals surface area (Å²) in [6.07, 6.45) is 0. The van der Waals surface area contributed by atoms with E-state index in [9.17, 15) is 13.2 Å². The van der Waals surface area contributed by atoms with Crippen molar-refractivity contribution in [2.45, 2.75) is 6.92 Å². The van der Waals surface area contributed by atoms with Gasteiger partial charge in [0.05, 0.1) is 5.69 Å². The Hall–Kier alpha value is -1.40. The molecule has 0 aliphatic rings. The zero-order valence-electron chi connectivity index (χ0n) is 7.52. The number of hydrogen-bond acceptors (Lipinski definition) is 3. The van der Waals surface area contributed by atoms with Crippen molar-refractivity contribution in [3.63, 3.8) is 0 Å². The molecular weight excluding hydrogens is 204 g/mol. The largest absolute Gasteiger partial charge is 0.296 e. The van der Waals surface area contributed by atoms with Crippen molar-refractivity contribution in [3.05, 3.63) is 29.8 Å². The number of nitrogens with one attached hydrogen (secondary N) is 1. The molecule has 0 aliphatic heterocycles. The molecule has 0 saturated heterocycles. The maximum Gasteiger partial charge on any atom is 0.296 e. The van der Waals surface area contributed by atoms with Crippen molar-refractivity contribution >= 4 is 21.7 Å². The van der Waals surface area contributed by atoms with E-state index in [1.807, 2.05) is 0 Å². The number of nitrogens with two attached hydrogens (primary N) is 1. The minimum Gasteiger partial charge on any atom is -0.295 e. The molecule has 0 radical (unpaired) electrons. The highest BCUT2D eigenvalue weighted by molar-refractivity contribution is 7.90. The molecule has 0 amide bonds. The third kappa shape index (κ3) is 3.15. The van der Waals surface area contributed by atoms with Gasteiger partial charge in [-0.05, 0) is 19.1 Å². The fraction of sp³-hybridized carbons (Fsp3) is 0.125. The highest BCUT2D eigenvalue weighted by atomic mass is 32.2. The minimum absolute atomic E-state index is 0.136. The molecular formula is C8H10N2O3S. The molecule has 14 heavy (non-hydrogen) atoms. The van der Waals surface area contributed by atoms with Gasteiger partial charge in [-0.3, -0.25) is 9.52 Å². The van der Waals surface area contributed by atoms with Gasteiger partial charge in [-0.15, -0.1) is 0 Å². The third-order valence-corrected chi connectivity index (χ3v) is 2.05. The van der Waals surface area contributed by atoms with Crippen LogP contribution < -0.4 is 9.86 Å². The van der Waals surface area contributed by atoms with E-state index in [-0.39, 0.29) is 11.5 Å². The Morgan fingerprint density at radius 1 is 1.43 bits per heavy atom. The Balaban J connectivity index is 3.01. The second-order valence-corrected chi connectivity index (χ2v) is 4.08. The number of Topliss-reactive ketones (excluding diaryl/α,β-unsaturated/α-hetero) is 1. The molecule has 1 aromatic rings. The fourth-order valence-corrected chi connectivity index (χ4v) is 1.42. The summed E-state index contributed by atoms with van der Waals surface area (Å²) < 4.78 is 23.4. The number of anilines is 1. The molecule has 5 nitrogen and oxygen atoms in total. The van der Waals surface area contributed by atoms with Crippen LogP contribution in [0.3, 0.4) is 0 Å². The zero-order chi connectivity index (χ0) is 10.8. The van der Waals surface area contributed by atoms with Crippen LogP contribution in [0, 0.1) is 0 Å². The number of rotatable bonds is 3. The quantitative estimate of drug-likeness (QED) is 0.718. The molecule has 0 spiro atoms. The summed E-state index contributed by atoms with van der Waals surface area (Å²) >= 11 is 0. The molecule has 3 N–H and O–H groups in total. The molecule has 0 fully saturated rings. The Labute approximate surface area is 82.1 Å². The molecule has 0 aliphatic carbocycles. The molecule has 0 unspecified atom stereocenters. The van der Waals surface area contributed by atoms with E-state index >= 15 is 0 Å². The van der Waals surface area contributed by atoms with E-state index in [0.29, 0.717) is 5.56 Å². The maximum absolute atomic E-state index is 11.0. The van der Waals surface area contributed by atoms with Gasteiger partial charge in [0.25, 0.3) is 10.2 Å². The number of carbonyl (C=O) groups excluding carboxylic acids is 1. The second-order valence-electron chi connectivity index (χ2n) is 2.78. The van der Waals surface area contributed by atoms with E-state index < -0.39 is 10.2 Å². The number of hydrogen-bond donors (Lipinski definition) is 2. The molecule has 6 heteroatoms. The van der Waals surface area contributed by atoms with Crippen molar-refractivity contribution in [2.75, 3.05) is 4.72 Å². The summed E-state index contributed by atoms with van der Waals surface area (Å²) in [4.78, 5) is 11.0. The standard InChI is InChI=1S/C8H10N2O3S/c1-6(11)7-3-2-4-8(5-7)10-14(9,12)13/h2-5,10H,1H3,(H2,9,12,13). The average molecular weight is 214 g/mol. The van der Waals surface area contributed by atoms with Gasteiger partial charge in [-0.25, -0.2) is 5.14 Å². The van der Waals surface area contributed by atoms with Crippen molar-refractivity contribution in [1.82, 2.24) is 0 Å². The monoisotopic (exact) mass is 214 g/mol. The first-order valence-electron chi connectivity index (χ1n) is 3.80. The van der Waals surface area contributed by atoms with Gasteiger partial charge in [0.2, 0.25) is 0 Å². The smallest absolute Gasteiger partial charge is 0.295 e. The molecule has 0 heterocycles. The Bertz CT molecular complexity index is 453. The van der Waals surface area contributed by atoms with Crippen LogP contribution in [0.15, 0.2) is 24.3 Å². The Kier molecular flexibility index (Phi) is 2.87. The molecule has 1 rings (SSSR count). The highest BCUT2D eigenvalue weighted by Gasteiger charge is 2.04. The molecule has 1 aromatic carbocycles. The van der Waals surface area contributed by atoms with Crippen molar-refractivity contribution in [2.24, 2.45) is 5.14 Å². The van der Waals surface area contributed by atoms with E-state index in [1.54, 1.807) is 12.1 Å². The molecule has 76 valence electrons. The second kappa shape index (κ2) is 3.77. The summed E-state index contributed by atoms with van der Waals surface area (Å²) in [5.74, 6) is -0.136. The van der Waals surface area contributed by atoms with Crippen molar-refractivity contribution in [1.29, 1.82) is 0 Å². The minimum atomic E-state index is -3.78. The zero-order valence-corrected chi connectivity index (χ0v) is 8.34. The van der Waals surface area contributed by atoms with E-state index in [2.05, 4.69) is 4.72 Å². The van der Waals surface area contributed by atoms with Crippen LogP contribution in [0.1, 0.15) is 17.3 Å². The van der Waals surface area contributed by atoms with E-state index in [0.717, 1.165) is 0 Å². The normalized spacial score (nSPS) is 11.0. The highest BCUT2D eigenvalue weighted by Crippen LogP contribution is 2.11. The van der Waals surface area contributed by atoms with Crippen LogP contribution >= 0.6 is 0 Å². The summed E-state index contributed by atoms with van der Waals surface area (Å²) in [5, 5.41) is 4.77. The van der Waals surface area contributed by atoms with Crippen LogP contribution in [0.5, 0.6) is 0 Å². The van der Waals surface area contributed by atoms with Crippen LogP contribution in [-0.4, -0.2) is 14.2 Å². The van der Waals surface area contributed by atoms with Crippen LogP contribution in [-0.2, 0) is 10.2 Å². The van der Waals surface area contributed by atoms with Gasteiger partial charge in [0, 0.05) is 5.56 Å². The first-order valence-corrected chi connectivity index (χ1v) is 5.34. The Morgan fingerprint density at radius 2 is 2.07 bits per heavy atom. The predicted octanol–water partition coefficient (Wildman–Crippen LogP) is 0.505. The van der Waals surface area contributed by atoms with Crippen molar-refractivity contribution < 1.29 is 13.2 Å². The average Bonchev–Trinajstić information content (AvgIpc) is 2.01. The lowest BCUT2D eigenvalue weighted by atomic mass is 10.1. The molecule has 0 bridgehead atoms. The lowest BCUT2D eigenvalue weighted by Gasteiger charge is -2.03. The first-order chi connectivity index (χ1) is 6.38. The SMILES string of the molecule is CC(=O)c1cccc(NS(N)(=O)=O)c1. The number of carbonyl (C=O) groups is 1. The van der Waals surface area contributed by atoms with Gasteiger partial charge >= 0.3 is 0 Å². The summed E-state index contributed by atoms with van der Waals surface area (Å²) in [5.41, 5.74) is 0.707. The van der Waals surface area contributed by atoms with Crippen molar-refractivity contribution in [3.8, 4) is 0 Å². The van der Waals surface area contributed by atoms with Gasteiger partial charge < -0.3 is 0 Å². The Morgan fingerprint density at radius 3 is 2.57 bits per heavy atom. The summed E-state index contributed by atoms with van der Waals surface area (Å²) in [6, 6.07) is 6.10. The van der Waals surface area contributed by atoms with Crippen LogP contribution in [0.4, 0.5) is 5.69 Å². The molecule has 0 atom stereocenters. The first kappa shape index (κ1) is 10.7. The predicted molar refractivity (Wildman–Crippen MR) is 53.2 cm³/mol. The maximum atomic E-state index is 11.0.